The van der Waals surface area contributed by atoms with Crippen molar-refractivity contribution in [1.29, 1.82) is 0 Å². The Balaban J connectivity index is 2.27. The smallest absolute Gasteiger partial charge is 0.252 e. The minimum absolute atomic E-state index is 0.120. The number of aromatic nitrogens is 1. The third-order valence-electron chi connectivity index (χ3n) is 2.11. The molecule has 0 aromatic carbocycles. The molecular weight excluding hydrogens is 206 g/mol. The lowest BCUT2D eigenvalue weighted by Crippen LogP contribution is -2.24. The van der Waals surface area contributed by atoms with Gasteiger partial charge in [0, 0.05) is 26.5 Å². The Morgan fingerprint density at radius 1 is 1.50 bits per heavy atom. The van der Waals surface area contributed by atoms with E-state index in [4.69, 9.17) is 10.5 Å². The predicted octanol–water partition coefficient (Wildman–Crippen LogP) is 0.820. The molecule has 0 fully saturated rings. The van der Waals surface area contributed by atoms with Crippen LogP contribution in [0.25, 0.3) is 0 Å². The second kappa shape index (κ2) is 6.79. The van der Waals surface area contributed by atoms with E-state index < -0.39 is 0 Å². The standard InChI is InChI=1S/C11H17N3O2/c1-16-7-3-2-6-13-11(15)9-4-5-10(12)14-8-9/h4-5,8H,2-3,6-7H2,1H3,(H2,12,14)(H,13,15). The van der Waals surface area contributed by atoms with Gasteiger partial charge >= 0.3 is 0 Å². The summed E-state index contributed by atoms with van der Waals surface area (Å²) in [4.78, 5) is 15.4. The van der Waals surface area contributed by atoms with E-state index in [1.54, 1.807) is 19.2 Å². The highest BCUT2D eigenvalue weighted by Crippen LogP contribution is 2.00. The molecule has 0 atom stereocenters. The number of unbranched alkanes of at least 4 members (excludes halogenated alkanes) is 1. The van der Waals surface area contributed by atoms with Crippen LogP contribution in [0.15, 0.2) is 18.3 Å². The summed E-state index contributed by atoms with van der Waals surface area (Å²) < 4.78 is 4.91. The van der Waals surface area contributed by atoms with Crippen molar-refractivity contribution in [3.63, 3.8) is 0 Å². The minimum Gasteiger partial charge on any atom is -0.385 e. The Hall–Kier alpha value is -1.62. The largest absolute Gasteiger partial charge is 0.385 e. The van der Waals surface area contributed by atoms with Gasteiger partial charge in [0.1, 0.15) is 5.82 Å². The van der Waals surface area contributed by atoms with Crippen molar-refractivity contribution in [2.24, 2.45) is 0 Å². The van der Waals surface area contributed by atoms with E-state index in [1.807, 2.05) is 0 Å². The fraction of sp³-hybridized carbons (Fsp3) is 0.455. The Bertz CT molecular complexity index is 325. The molecular formula is C11H17N3O2. The average molecular weight is 223 g/mol. The third kappa shape index (κ3) is 4.27. The molecule has 0 radical (unpaired) electrons. The Kier molecular flexibility index (Phi) is 5.28. The van der Waals surface area contributed by atoms with Gasteiger partial charge in [-0.1, -0.05) is 0 Å². The van der Waals surface area contributed by atoms with Gasteiger partial charge in [0.15, 0.2) is 0 Å². The molecule has 1 amide bonds. The highest BCUT2D eigenvalue weighted by Gasteiger charge is 2.04. The summed E-state index contributed by atoms with van der Waals surface area (Å²) in [5.41, 5.74) is 5.95. The van der Waals surface area contributed by atoms with Crippen molar-refractivity contribution in [3.05, 3.63) is 23.9 Å². The fourth-order valence-corrected chi connectivity index (χ4v) is 1.21. The van der Waals surface area contributed by atoms with E-state index in [0.717, 1.165) is 19.4 Å². The van der Waals surface area contributed by atoms with E-state index in [-0.39, 0.29) is 5.91 Å². The van der Waals surface area contributed by atoms with E-state index in [1.165, 1.54) is 6.20 Å². The third-order valence-corrected chi connectivity index (χ3v) is 2.11. The predicted molar refractivity (Wildman–Crippen MR) is 62.1 cm³/mol. The number of ether oxygens (including phenoxy) is 1. The lowest BCUT2D eigenvalue weighted by molar-refractivity contribution is 0.0951. The van der Waals surface area contributed by atoms with Gasteiger partial charge in [-0.3, -0.25) is 4.79 Å². The summed E-state index contributed by atoms with van der Waals surface area (Å²) in [5, 5.41) is 2.80. The Morgan fingerprint density at radius 3 is 2.94 bits per heavy atom. The monoisotopic (exact) mass is 223 g/mol. The molecule has 5 nitrogen and oxygen atoms in total. The number of nitrogens with one attached hydrogen (secondary N) is 1. The number of nitrogens with zero attached hydrogens (tertiary/aromatic N) is 1. The van der Waals surface area contributed by atoms with Crippen molar-refractivity contribution >= 4 is 11.7 Å². The average Bonchev–Trinajstić information content (AvgIpc) is 2.29. The summed E-state index contributed by atoms with van der Waals surface area (Å²) >= 11 is 0. The summed E-state index contributed by atoms with van der Waals surface area (Å²) in [6.07, 6.45) is 3.32. The molecule has 1 heterocycles. The van der Waals surface area contributed by atoms with Crippen molar-refractivity contribution in [2.75, 3.05) is 26.0 Å². The first-order valence-corrected chi connectivity index (χ1v) is 5.22. The molecule has 0 saturated heterocycles. The maximum atomic E-state index is 11.6. The molecule has 5 heteroatoms. The number of rotatable bonds is 6. The summed E-state index contributed by atoms with van der Waals surface area (Å²) in [7, 11) is 1.67. The first-order valence-electron chi connectivity index (χ1n) is 5.22. The second-order valence-corrected chi connectivity index (χ2v) is 3.43. The van der Waals surface area contributed by atoms with Crippen LogP contribution in [0.1, 0.15) is 23.2 Å². The molecule has 0 spiro atoms. The van der Waals surface area contributed by atoms with Gasteiger partial charge < -0.3 is 15.8 Å². The Labute approximate surface area is 95.0 Å². The number of carbonyl (C=O) groups excluding carboxylic acids is 1. The lowest BCUT2D eigenvalue weighted by Gasteiger charge is -2.04. The molecule has 0 bridgehead atoms. The van der Waals surface area contributed by atoms with Gasteiger partial charge in [-0.25, -0.2) is 4.98 Å². The van der Waals surface area contributed by atoms with Gasteiger partial charge in [-0.15, -0.1) is 0 Å². The maximum absolute atomic E-state index is 11.6. The number of hydrogen-bond donors (Lipinski definition) is 2. The quantitative estimate of drug-likeness (QED) is 0.700. The number of amides is 1. The number of hydrogen-bond acceptors (Lipinski definition) is 4. The first kappa shape index (κ1) is 12.4. The zero-order valence-electron chi connectivity index (χ0n) is 9.40. The van der Waals surface area contributed by atoms with Crippen LogP contribution in [0.2, 0.25) is 0 Å². The molecule has 0 unspecified atom stereocenters. The van der Waals surface area contributed by atoms with Gasteiger partial charge in [0.2, 0.25) is 0 Å². The van der Waals surface area contributed by atoms with Crippen molar-refractivity contribution in [3.8, 4) is 0 Å². The molecule has 0 saturated carbocycles. The molecule has 0 aliphatic heterocycles. The van der Waals surface area contributed by atoms with Crippen molar-refractivity contribution in [2.45, 2.75) is 12.8 Å². The van der Waals surface area contributed by atoms with Crippen LogP contribution in [-0.2, 0) is 4.74 Å². The Morgan fingerprint density at radius 2 is 2.31 bits per heavy atom. The summed E-state index contributed by atoms with van der Waals surface area (Å²) in [5.74, 6) is 0.293. The number of nitrogen functional groups attached to an aromatic ring is 1. The zero-order valence-corrected chi connectivity index (χ0v) is 9.40. The van der Waals surface area contributed by atoms with Crippen LogP contribution in [0.4, 0.5) is 5.82 Å². The molecule has 16 heavy (non-hydrogen) atoms. The highest BCUT2D eigenvalue weighted by molar-refractivity contribution is 5.93. The SMILES string of the molecule is COCCCCNC(=O)c1ccc(N)nc1. The van der Waals surface area contributed by atoms with Crippen molar-refractivity contribution < 1.29 is 9.53 Å². The van der Waals surface area contributed by atoms with E-state index in [0.29, 0.717) is 17.9 Å². The van der Waals surface area contributed by atoms with Crippen LogP contribution in [0, 0.1) is 0 Å². The maximum Gasteiger partial charge on any atom is 0.252 e. The molecule has 0 aliphatic carbocycles. The van der Waals surface area contributed by atoms with Crippen LogP contribution in [0.3, 0.4) is 0 Å². The number of methoxy groups -OCH3 is 1. The topological polar surface area (TPSA) is 77.2 Å². The van der Waals surface area contributed by atoms with Crippen LogP contribution >= 0.6 is 0 Å². The molecule has 1 rings (SSSR count). The van der Waals surface area contributed by atoms with Gasteiger partial charge in [0.05, 0.1) is 5.56 Å². The number of carbonyl (C=O) groups is 1. The van der Waals surface area contributed by atoms with Gasteiger partial charge in [-0.2, -0.15) is 0 Å². The van der Waals surface area contributed by atoms with Crippen molar-refractivity contribution in [1.82, 2.24) is 10.3 Å². The lowest BCUT2D eigenvalue weighted by atomic mass is 10.2. The number of anilines is 1. The van der Waals surface area contributed by atoms with Crippen LogP contribution < -0.4 is 11.1 Å². The van der Waals surface area contributed by atoms with Crippen LogP contribution in [-0.4, -0.2) is 31.2 Å². The van der Waals surface area contributed by atoms with E-state index >= 15 is 0 Å². The second-order valence-electron chi connectivity index (χ2n) is 3.43. The number of pyridine rings is 1. The zero-order chi connectivity index (χ0) is 11.8. The molecule has 0 aliphatic rings. The normalized spacial score (nSPS) is 10.1. The first-order chi connectivity index (χ1) is 7.74. The van der Waals surface area contributed by atoms with Crippen LogP contribution in [0.5, 0.6) is 0 Å². The molecule has 3 N–H and O–H groups in total. The fourth-order valence-electron chi connectivity index (χ4n) is 1.21. The molecule has 1 aromatic heterocycles. The van der Waals surface area contributed by atoms with E-state index in [2.05, 4.69) is 10.3 Å². The van der Waals surface area contributed by atoms with E-state index in [9.17, 15) is 4.79 Å². The molecule has 88 valence electrons. The highest BCUT2D eigenvalue weighted by atomic mass is 16.5. The summed E-state index contributed by atoms with van der Waals surface area (Å²) in [6.45, 7) is 1.37. The number of nitrogens with two attached hydrogens (primary N) is 1. The molecule has 1 aromatic rings. The van der Waals surface area contributed by atoms with Gasteiger partial charge in [0.25, 0.3) is 5.91 Å². The summed E-state index contributed by atoms with van der Waals surface area (Å²) in [6, 6.07) is 3.27. The van der Waals surface area contributed by atoms with Gasteiger partial charge in [-0.05, 0) is 25.0 Å². The minimum atomic E-state index is -0.120.